The largest absolute Gasteiger partial charge is 0.454 e. The fraction of sp³-hybridized carbons (Fsp3) is 0.529. The number of amides is 1. The SMILES string of the molecule is CCCN(CCC)C(=O)CO/N=C(\C)c1ccc2c(c1)OCO2. The van der Waals surface area contributed by atoms with Crippen molar-refractivity contribution in [1.29, 1.82) is 0 Å². The van der Waals surface area contributed by atoms with Gasteiger partial charge in [0, 0.05) is 18.7 Å². The highest BCUT2D eigenvalue weighted by Gasteiger charge is 2.15. The van der Waals surface area contributed by atoms with E-state index in [1.54, 1.807) is 0 Å². The van der Waals surface area contributed by atoms with Crippen LogP contribution in [0.1, 0.15) is 39.2 Å². The van der Waals surface area contributed by atoms with Crippen LogP contribution in [0.3, 0.4) is 0 Å². The van der Waals surface area contributed by atoms with Crippen molar-refractivity contribution >= 4 is 11.6 Å². The summed E-state index contributed by atoms with van der Waals surface area (Å²) in [5, 5.41) is 4.04. The molecule has 1 aliphatic rings. The number of nitrogens with zero attached hydrogens (tertiary/aromatic N) is 2. The van der Waals surface area contributed by atoms with Gasteiger partial charge >= 0.3 is 0 Å². The zero-order valence-corrected chi connectivity index (χ0v) is 14.0. The first kappa shape index (κ1) is 17.1. The molecule has 0 saturated carbocycles. The van der Waals surface area contributed by atoms with Crippen molar-refractivity contribution in [2.75, 3.05) is 26.5 Å². The van der Waals surface area contributed by atoms with Crippen molar-refractivity contribution in [2.24, 2.45) is 5.16 Å². The number of carbonyl (C=O) groups excluding carboxylic acids is 1. The van der Waals surface area contributed by atoms with E-state index in [4.69, 9.17) is 14.3 Å². The van der Waals surface area contributed by atoms with Gasteiger partial charge in [0.1, 0.15) is 0 Å². The summed E-state index contributed by atoms with van der Waals surface area (Å²) in [7, 11) is 0. The molecule has 0 fully saturated rings. The van der Waals surface area contributed by atoms with Crippen molar-refractivity contribution in [2.45, 2.75) is 33.6 Å². The van der Waals surface area contributed by atoms with Gasteiger partial charge in [0.05, 0.1) is 5.71 Å². The van der Waals surface area contributed by atoms with Crippen LogP contribution in [-0.2, 0) is 9.63 Å². The van der Waals surface area contributed by atoms with Crippen molar-refractivity contribution in [3.8, 4) is 11.5 Å². The minimum absolute atomic E-state index is 0.0315. The van der Waals surface area contributed by atoms with Gasteiger partial charge in [-0.15, -0.1) is 0 Å². The summed E-state index contributed by atoms with van der Waals surface area (Å²) in [6, 6.07) is 5.58. The molecule has 0 aliphatic carbocycles. The van der Waals surface area contributed by atoms with E-state index in [-0.39, 0.29) is 19.3 Å². The Hall–Kier alpha value is -2.24. The van der Waals surface area contributed by atoms with Crippen LogP contribution in [0.5, 0.6) is 11.5 Å². The van der Waals surface area contributed by atoms with Crippen LogP contribution < -0.4 is 9.47 Å². The molecule has 1 aromatic carbocycles. The molecule has 0 N–H and O–H groups in total. The number of rotatable bonds is 8. The molecule has 0 unspecified atom stereocenters. The standard InChI is InChI=1S/C17H24N2O4/c1-4-8-19(9-5-2)17(20)11-23-18-13(3)14-6-7-15-16(10-14)22-12-21-15/h6-7,10H,4-5,8-9,11-12H2,1-3H3/b18-13+. The zero-order valence-electron chi connectivity index (χ0n) is 14.0. The van der Waals surface area contributed by atoms with E-state index in [1.807, 2.05) is 30.0 Å². The van der Waals surface area contributed by atoms with E-state index in [2.05, 4.69) is 19.0 Å². The lowest BCUT2D eigenvalue weighted by Gasteiger charge is -2.20. The molecular formula is C17H24N2O4. The summed E-state index contributed by atoms with van der Waals surface area (Å²) in [4.78, 5) is 19.1. The normalized spacial score (nSPS) is 13.1. The van der Waals surface area contributed by atoms with Crippen LogP contribution >= 0.6 is 0 Å². The highest BCUT2D eigenvalue weighted by Crippen LogP contribution is 2.32. The first-order chi connectivity index (χ1) is 11.2. The summed E-state index contributed by atoms with van der Waals surface area (Å²) in [5.74, 6) is 1.40. The lowest BCUT2D eigenvalue weighted by atomic mass is 10.1. The number of ether oxygens (including phenoxy) is 2. The Balaban J connectivity index is 1.90. The van der Waals surface area contributed by atoms with Crippen LogP contribution in [0.2, 0.25) is 0 Å². The Morgan fingerprint density at radius 2 is 1.91 bits per heavy atom. The highest BCUT2D eigenvalue weighted by atomic mass is 16.7. The first-order valence-corrected chi connectivity index (χ1v) is 8.00. The molecular weight excluding hydrogens is 296 g/mol. The number of fused-ring (bicyclic) bond motifs is 1. The highest BCUT2D eigenvalue weighted by molar-refractivity contribution is 5.99. The second kappa shape index (κ2) is 8.41. The van der Waals surface area contributed by atoms with E-state index in [9.17, 15) is 4.79 Å². The maximum Gasteiger partial charge on any atom is 0.263 e. The lowest BCUT2D eigenvalue weighted by Crippen LogP contribution is -2.35. The molecule has 6 nitrogen and oxygen atoms in total. The number of oxime groups is 1. The van der Waals surface area contributed by atoms with Gasteiger partial charge in [0.2, 0.25) is 6.79 Å². The second-order valence-corrected chi connectivity index (χ2v) is 5.40. The third-order valence-electron chi connectivity index (χ3n) is 3.52. The second-order valence-electron chi connectivity index (χ2n) is 5.40. The quantitative estimate of drug-likeness (QED) is 0.546. The van der Waals surface area contributed by atoms with Gasteiger partial charge in [-0.2, -0.15) is 0 Å². The van der Waals surface area contributed by atoms with E-state index < -0.39 is 0 Å². The van der Waals surface area contributed by atoms with Crippen LogP contribution in [-0.4, -0.2) is 43.0 Å². The molecule has 1 amide bonds. The average molecular weight is 320 g/mol. The average Bonchev–Trinajstić information content (AvgIpc) is 3.02. The Bertz CT molecular complexity index is 566. The Labute approximate surface area is 137 Å². The van der Waals surface area contributed by atoms with Gasteiger partial charge in [0.25, 0.3) is 5.91 Å². The first-order valence-electron chi connectivity index (χ1n) is 8.00. The van der Waals surface area contributed by atoms with Crippen LogP contribution in [0.4, 0.5) is 0 Å². The summed E-state index contributed by atoms with van der Waals surface area (Å²) >= 11 is 0. The molecule has 1 heterocycles. The summed E-state index contributed by atoms with van der Waals surface area (Å²) in [5.41, 5.74) is 1.56. The lowest BCUT2D eigenvalue weighted by molar-refractivity contribution is -0.136. The summed E-state index contributed by atoms with van der Waals surface area (Å²) in [6.07, 6.45) is 1.87. The van der Waals surface area contributed by atoms with Gasteiger partial charge in [-0.3, -0.25) is 4.79 Å². The van der Waals surface area contributed by atoms with Crippen LogP contribution in [0.15, 0.2) is 23.4 Å². The summed E-state index contributed by atoms with van der Waals surface area (Å²) < 4.78 is 10.6. The van der Waals surface area contributed by atoms with E-state index in [1.165, 1.54) is 0 Å². The predicted molar refractivity (Wildman–Crippen MR) is 87.9 cm³/mol. The van der Waals surface area contributed by atoms with Crippen molar-refractivity contribution in [3.05, 3.63) is 23.8 Å². The molecule has 23 heavy (non-hydrogen) atoms. The van der Waals surface area contributed by atoms with Crippen molar-refractivity contribution in [3.63, 3.8) is 0 Å². The molecule has 2 rings (SSSR count). The molecule has 0 bridgehead atoms. The molecule has 0 spiro atoms. The minimum Gasteiger partial charge on any atom is -0.454 e. The van der Waals surface area contributed by atoms with E-state index >= 15 is 0 Å². The molecule has 0 radical (unpaired) electrons. The number of hydrogen-bond acceptors (Lipinski definition) is 5. The van der Waals surface area contributed by atoms with Crippen LogP contribution in [0, 0.1) is 0 Å². The molecule has 6 heteroatoms. The van der Waals surface area contributed by atoms with Gasteiger partial charge in [-0.25, -0.2) is 0 Å². The van der Waals surface area contributed by atoms with E-state index in [0.29, 0.717) is 11.5 Å². The predicted octanol–water partition coefficient (Wildman–Crippen LogP) is 2.80. The number of hydrogen-bond donors (Lipinski definition) is 0. The van der Waals surface area contributed by atoms with Crippen LogP contribution in [0.25, 0.3) is 0 Å². The Morgan fingerprint density at radius 1 is 1.22 bits per heavy atom. The fourth-order valence-corrected chi connectivity index (χ4v) is 2.35. The third-order valence-corrected chi connectivity index (χ3v) is 3.52. The van der Waals surface area contributed by atoms with Gasteiger partial charge in [-0.1, -0.05) is 19.0 Å². The topological polar surface area (TPSA) is 60.4 Å². The molecule has 0 atom stereocenters. The molecule has 1 aromatic rings. The minimum atomic E-state index is -0.0398. The molecule has 0 saturated heterocycles. The Kier molecular flexibility index (Phi) is 6.26. The summed E-state index contributed by atoms with van der Waals surface area (Å²) in [6.45, 7) is 7.64. The van der Waals surface area contributed by atoms with Gasteiger partial charge in [-0.05, 0) is 38.0 Å². The Morgan fingerprint density at radius 3 is 2.61 bits per heavy atom. The molecule has 126 valence electrons. The maximum absolute atomic E-state index is 12.1. The van der Waals surface area contributed by atoms with Gasteiger partial charge in [0.15, 0.2) is 18.1 Å². The molecule has 0 aromatic heterocycles. The molecule has 1 aliphatic heterocycles. The maximum atomic E-state index is 12.1. The zero-order chi connectivity index (χ0) is 16.7. The van der Waals surface area contributed by atoms with E-state index in [0.717, 1.165) is 37.2 Å². The number of carbonyl (C=O) groups is 1. The fourth-order valence-electron chi connectivity index (χ4n) is 2.35. The number of benzene rings is 1. The van der Waals surface area contributed by atoms with Crippen molar-refractivity contribution in [1.82, 2.24) is 4.90 Å². The van der Waals surface area contributed by atoms with Crippen molar-refractivity contribution < 1.29 is 19.1 Å². The van der Waals surface area contributed by atoms with Gasteiger partial charge < -0.3 is 19.2 Å². The smallest absolute Gasteiger partial charge is 0.263 e. The third kappa shape index (κ3) is 4.61. The monoisotopic (exact) mass is 320 g/mol.